The minimum absolute atomic E-state index is 0.0579. The molecule has 0 amide bonds. The van der Waals surface area contributed by atoms with E-state index in [1.165, 1.54) is 0 Å². The molecule has 1 aromatic heterocycles. The maximum absolute atomic E-state index is 5.76. The molecule has 0 saturated carbocycles. The summed E-state index contributed by atoms with van der Waals surface area (Å²) in [7, 11) is 0. The second kappa shape index (κ2) is 7.01. The highest BCUT2D eigenvalue weighted by Gasteiger charge is 2.31. The Morgan fingerprint density at radius 1 is 1.37 bits per heavy atom. The van der Waals surface area contributed by atoms with Crippen molar-refractivity contribution in [1.29, 1.82) is 0 Å². The van der Waals surface area contributed by atoms with E-state index in [-0.39, 0.29) is 17.4 Å². The molecule has 0 aliphatic rings. The molecule has 110 valence electrons. The van der Waals surface area contributed by atoms with Crippen LogP contribution in [0.3, 0.4) is 0 Å². The van der Waals surface area contributed by atoms with Gasteiger partial charge in [0.15, 0.2) is 0 Å². The van der Waals surface area contributed by atoms with Crippen LogP contribution in [-0.2, 0) is 4.74 Å². The Morgan fingerprint density at radius 2 is 2.05 bits per heavy atom. The van der Waals surface area contributed by atoms with Crippen LogP contribution in [0.4, 0.5) is 0 Å². The number of aromatic nitrogens is 2. The summed E-state index contributed by atoms with van der Waals surface area (Å²) >= 11 is 0. The Kier molecular flexibility index (Phi) is 5.94. The zero-order chi connectivity index (χ0) is 14.5. The van der Waals surface area contributed by atoms with Crippen LogP contribution in [0.25, 0.3) is 0 Å². The van der Waals surface area contributed by atoms with Crippen molar-refractivity contribution in [2.45, 2.75) is 59.5 Å². The van der Waals surface area contributed by atoms with Crippen LogP contribution in [0.2, 0.25) is 0 Å². The van der Waals surface area contributed by atoms with E-state index in [0.717, 1.165) is 12.8 Å². The van der Waals surface area contributed by atoms with E-state index in [0.29, 0.717) is 24.9 Å². The summed E-state index contributed by atoms with van der Waals surface area (Å²) in [5.41, 5.74) is 5.46. The van der Waals surface area contributed by atoms with Crippen molar-refractivity contribution in [3.05, 3.63) is 11.7 Å². The standard InChI is InChI=1S/C14H27N3O2/c1-6-18-11(14(3,4)5)12-16-13(19-17-12)10(2)8-7-9-15/h10-11H,6-9,15H2,1-5H3. The Bertz CT molecular complexity index is 371. The van der Waals surface area contributed by atoms with E-state index < -0.39 is 0 Å². The number of hydrogen-bond donors (Lipinski definition) is 1. The van der Waals surface area contributed by atoms with Crippen molar-refractivity contribution in [3.8, 4) is 0 Å². The van der Waals surface area contributed by atoms with Gasteiger partial charge in [0.2, 0.25) is 11.7 Å². The van der Waals surface area contributed by atoms with Crippen molar-refractivity contribution >= 4 is 0 Å². The predicted octanol–water partition coefficient (Wildman–Crippen LogP) is 3.04. The highest BCUT2D eigenvalue weighted by Crippen LogP contribution is 2.35. The molecule has 5 nitrogen and oxygen atoms in total. The molecule has 19 heavy (non-hydrogen) atoms. The lowest BCUT2D eigenvalue weighted by Gasteiger charge is -2.27. The third-order valence-corrected chi connectivity index (χ3v) is 3.07. The average molecular weight is 269 g/mol. The van der Waals surface area contributed by atoms with Crippen LogP contribution in [0.15, 0.2) is 4.52 Å². The Hall–Kier alpha value is -0.940. The van der Waals surface area contributed by atoms with Crippen molar-refractivity contribution < 1.29 is 9.26 Å². The fourth-order valence-electron chi connectivity index (χ4n) is 1.98. The quantitative estimate of drug-likeness (QED) is 0.823. The number of nitrogens with two attached hydrogens (primary N) is 1. The Morgan fingerprint density at radius 3 is 2.58 bits per heavy atom. The van der Waals surface area contributed by atoms with Crippen molar-refractivity contribution in [2.75, 3.05) is 13.2 Å². The van der Waals surface area contributed by atoms with E-state index in [9.17, 15) is 0 Å². The Labute approximate surface area is 115 Å². The summed E-state index contributed by atoms with van der Waals surface area (Å²) in [6, 6.07) is 0. The molecule has 0 saturated heterocycles. The second-order valence-corrected chi connectivity index (χ2v) is 6.02. The van der Waals surface area contributed by atoms with Gasteiger partial charge in [-0.1, -0.05) is 32.9 Å². The van der Waals surface area contributed by atoms with Gasteiger partial charge in [0, 0.05) is 12.5 Å². The fraction of sp³-hybridized carbons (Fsp3) is 0.857. The van der Waals surface area contributed by atoms with Gasteiger partial charge in [0.1, 0.15) is 6.10 Å². The van der Waals surface area contributed by atoms with Crippen molar-refractivity contribution in [2.24, 2.45) is 11.1 Å². The lowest BCUT2D eigenvalue weighted by atomic mass is 9.88. The molecule has 1 aromatic rings. The lowest BCUT2D eigenvalue weighted by Crippen LogP contribution is -2.22. The molecule has 0 radical (unpaired) electrons. The molecule has 0 spiro atoms. The first kappa shape index (κ1) is 16.1. The number of ether oxygens (including phenoxy) is 1. The van der Waals surface area contributed by atoms with E-state index >= 15 is 0 Å². The second-order valence-electron chi connectivity index (χ2n) is 6.02. The zero-order valence-corrected chi connectivity index (χ0v) is 12.8. The highest BCUT2D eigenvalue weighted by atomic mass is 16.5. The van der Waals surface area contributed by atoms with Crippen LogP contribution < -0.4 is 5.73 Å². The molecule has 0 aliphatic heterocycles. The topological polar surface area (TPSA) is 74.2 Å². The summed E-state index contributed by atoms with van der Waals surface area (Å²) in [4.78, 5) is 4.50. The zero-order valence-electron chi connectivity index (χ0n) is 12.8. The normalized spacial score (nSPS) is 15.5. The van der Waals surface area contributed by atoms with Gasteiger partial charge in [-0.2, -0.15) is 4.98 Å². The van der Waals surface area contributed by atoms with Gasteiger partial charge in [0.05, 0.1) is 0 Å². The van der Waals surface area contributed by atoms with Crippen molar-refractivity contribution in [1.82, 2.24) is 10.1 Å². The average Bonchev–Trinajstić information content (AvgIpc) is 2.80. The summed E-state index contributed by atoms with van der Waals surface area (Å²) < 4.78 is 11.1. The van der Waals surface area contributed by atoms with Crippen molar-refractivity contribution in [3.63, 3.8) is 0 Å². The van der Waals surface area contributed by atoms with E-state index in [1.807, 2.05) is 6.92 Å². The third-order valence-electron chi connectivity index (χ3n) is 3.07. The molecule has 1 rings (SSSR count). The molecule has 2 atom stereocenters. The first-order valence-corrected chi connectivity index (χ1v) is 7.05. The van der Waals surface area contributed by atoms with Crippen LogP contribution >= 0.6 is 0 Å². The van der Waals surface area contributed by atoms with Gasteiger partial charge in [-0.3, -0.25) is 0 Å². The molecule has 0 fully saturated rings. The van der Waals surface area contributed by atoms with Crippen LogP contribution in [0.1, 0.15) is 71.2 Å². The summed E-state index contributed by atoms with van der Waals surface area (Å²) in [5.74, 6) is 1.56. The van der Waals surface area contributed by atoms with E-state index in [4.69, 9.17) is 15.0 Å². The molecule has 0 bridgehead atoms. The van der Waals surface area contributed by atoms with Gasteiger partial charge in [-0.25, -0.2) is 0 Å². The summed E-state index contributed by atoms with van der Waals surface area (Å²) in [6.45, 7) is 11.7. The maximum atomic E-state index is 5.76. The fourth-order valence-corrected chi connectivity index (χ4v) is 1.98. The predicted molar refractivity (Wildman–Crippen MR) is 74.8 cm³/mol. The lowest BCUT2D eigenvalue weighted by molar-refractivity contribution is -0.0203. The minimum Gasteiger partial charge on any atom is -0.370 e. The monoisotopic (exact) mass is 269 g/mol. The van der Waals surface area contributed by atoms with Gasteiger partial charge < -0.3 is 15.0 Å². The smallest absolute Gasteiger partial charge is 0.229 e. The molecule has 2 unspecified atom stereocenters. The SMILES string of the molecule is CCOC(c1noc(C(C)CCCN)n1)C(C)(C)C. The molecular weight excluding hydrogens is 242 g/mol. The van der Waals surface area contributed by atoms with Crippen LogP contribution in [0.5, 0.6) is 0 Å². The van der Waals surface area contributed by atoms with Crippen LogP contribution in [-0.4, -0.2) is 23.3 Å². The number of nitrogens with zero attached hydrogens (tertiary/aromatic N) is 2. The van der Waals surface area contributed by atoms with Gasteiger partial charge in [-0.15, -0.1) is 0 Å². The largest absolute Gasteiger partial charge is 0.370 e. The first-order valence-electron chi connectivity index (χ1n) is 7.05. The first-order chi connectivity index (χ1) is 8.90. The molecular formula is C14H27N3O2. The molecule has 0 aromatic carbocycles. The highest BCUT2D eigenvalue weighted by molar-refractivity contribution is 4.99. The number of hydrogen-bond acceptors (Lipinski definition) is 5. The third kappa shape index (κ3) is 4.58. The summed E-state index contributed by atoms with van der Waals surface area (Å²) in [6.07, 6.45) is 1.79. The van der Waals surface area contributed by atoms with Gasteiger partial charge >= 0.3 is 0 Å². The van der Waals surface area contributed by atoms with Gasteiger partial charge in [0.25, 0.3) is 0 Å². The molecule has 0 aliphatic carbocycles. The molecule has 5 heteroatoms. The Balaban J connectivity index is 2.81. The van der Waals surface area contributed by atoms with E-state index in [1.54, 1.807) is 0 Å². The summed E-state index contributed by atoms with van der Waals surface area (Å²) in [5, 5.41) is 4.09. The van der Waals surface area contributed by atoms with E-state index in [2.05, 4.69) is 37.8 Å². The van der Waals surface area contributed by atoms with Gasteiger partial charge in [-0.05, 0) is 31.7 Å². The maximum Gasteiger partial charge on any atom is 0.229 e. The molecule has 1 heterocycles. The number of rotatable bonds is 7. The minimum atomic E-state index is -0.142. The van der Waals surface area contributed by atoms with Crippen LogP contribution in [0, 0.1) is 5.41 Å². The molecule has 2 N–H and O–H groups in total.